The number of unbranched alkanes of at least 4 members (excludes halogenated alkanes) is 1. The largest absolute Gasteiger partial charge is 2.00 e. The van der Waals surface area contributed by atoms with Crippen LogP contribution in [0.3, 0.4) is 0 Å². The van der Waals surface area contributed by atoms with Crippen molar-refractivity contribution in [2.24, 2.45) is 0 Å². The summed E-state index contributed by atoms with van der Waals surface area (Å²) in [7, 11) is 0. The van der Waals surface area contributed by atoms with Crippen LogP contribution in [0.5, 0.6) is 5.75 Å². The third kappa shape index (κ3) is 6.92. The summed E-state index contributed by atoms with van der Waals surface area (Å²) in [6.45, 7) is 4.11. The van der Waals surface area contributed by atoms with E-state index in [1.165, 1.54) is 6.07 Å². The second-order valence-electron chi connectivity index (χ2n) is 2.64. The molecule has 0 aliphatic heterocycles. The topological polar surface area (TPSA) is 9.23 Å². The summed E-state index contributed by atoms with van der Waals surface area (Å²) >= 11 is 0. The summed E-state index contributed by atoms with van der Waals surface area (Å²) in [6.07, 6.45) is 3.57. The van der Waals surface area contributed by atoms with Gasteiger partial charge in [-0.1, -0.05) is 6.08 Å². The van der Waals surface area contributed by atoms with Crippen LogP contribution in [0.2, 0.25) is 0 Å². The minimum Gasteiger partial charge on any atom is -1.00 e. The van der Waals surface area contributed by atoms with Crippen LogP contribution < -0.4 is 21.7 Å². The van der Waals surface area contributed by atoms with E-state index in [4.69, 9.17) is 4.74 Å². The molecule has 0 radical (unpaired) electrons. The zero-order chi connectivity index (χ0) is 9.52. The SMILES string of the molecule is C=CCCCOc1cc[c-]cc1F.[Br-].[Mg+2]. The molecule has 0 fully saturated rings. The van der Waals surface area contributed by atoms with E-state index in [-0.39, 0.29) is 45.9 Å². The second-order valence-corrected chi connectivity index (χ2v) is 2.64. The van der Waals surface area contributed by atoms with Crippen molar-refractivity contribution in [2.45, 2.75) is 12.8 Å². The van der Waals surface area contributed by atoms with Gasteiger partial charge in [0.05, 0.1) is 6.61 Å². The molecule has 0 saturated heterocycles. The minimum absolute atomic E-state index is 0. The molecule has 1 rings (SSSR count). The van der Waals surface area contributed by atoms with E-state index in [0.717, 1.165) is 12.8 Å². The predicted octanol–water partition coefficient (Wildman–Crippen LogP) is -0.406. The molecule has 0 spiro atoms. The maximum atomic E-state index is 12.9. The Labute approximate surface area is 117 Å². The van der Waals surface area contributed by atoms with Crippen LogP contribution in [0.1, 0.15) is 12.8 Å². The molecular weight excluding hydrogens is 271 g/mol. The van der Waals surface area contributed by atoms with Crippen molar-refractivity contribution in [3.8, 4) is 5.75 Å². The summed E-state index contributed by atoms with van der Waals surface area (Å²) in [5, 5.41) is 0. The van der Waals surface area contributed by atoms with E-state index in [0.29, 0.717) is 12.4 Å². The van der Waals surface area contributed by atoms with Gasteiger partial charge in [-0.15, -0.1) is 18.7 Å². The van der Waals surface area contributed by atoms with Gasteiger partial charge >= 0.3 is 23.1 Å². The molecule has 0 amide bonds. The van der Waals surface area contributed by atoms with Crippen LogP contribution in [0.15, 0.2) is 30.9 Å². The number of hydrogen-bond acceptors (Lipinski definition) is 1. The normalized spacial score (nSPS) is 8.33. The first-order valence-electron chi connectivity index (χ1n) is 4.24. The summed E-state index contributed by atoms with van der Waals surface area (Å²) in [5.74, 6) is -0.0658. The Bertz CT molecular complexity index is 281. The Morgan fingerprint density at radius 1 is 1.53 bits per heavy atom. The number of hydrogen-bond donors (Lipinski definition) is 0. The minimum atomic E-state index is -0.360. The van der Waals surface area contributed by atoms with Crippen LogP contribution in [0.25, 0.3) is 0 Å². The van der Waals surface area contributed by atoms with Gasteiger partial charge in [-0.2, -0.15) is 12.1 Å². The van der Waals surface area contributed by atoms with E-state index in [9.17, 15) is 4.39 Å². The molecule has 15 heavy (non-hydrogen) atoms. The quantitative estimate of drug-likeness (QED) is 0.309. The fraction of sp³-hybridized carbons (Fsp3) is 0.273. The van der Waals surface area contributed by atoms with Crippen LogP contribution >= 0.6 is 0 Å². The molecule has 4 heteroatoms. The fourth-order valence-electron chi connectivity index (χ4n) is 0.923. The van der Waals surface area contributed by atoms with Crippen LogP contribution in [-0.4, -0.2) is 29.7 Å². The molecule has 0 bridgehead atoms. The average molecular weight is 283 g/mol. The van der Waals surface area contributed by atoms with E-state index >= 15 is 0 Å². The number of benzene rings is 1. The maximum absolute atomic E-state index is 12.9. The van der Waals surface area contributed by atoms with Crippen LogP contribution in [0.4, 0.5) is 4.39 Å². The third-order valence-corrected chi connectivity index (χ3v) is 1.59. The zero-order valence-electron chi connectivity index (χ0n) is 8.51. The molecule has 0 aromatic heterocycles. The van der Waals surface area contributed by atoms with E-state index in [1.54, 1.807) is 12.1 Å². The van der Waals surface area contributed by atoms with Gasteiger partial charge in [-0.05, 0) is 12.8 Å². The molecule has 0 atom stereocenters. The maximum Gasteiger partial charge on any atom is 2.00 e. The van der Waals surface area contributed by atoms with Crippen molar-refractivity contribution in [1.82, 2.24) is 0 Å². The van der Waals surface area contributed by atoms with Gasteiger partial charge in [-0.25, -0.2) is 0 Å². The molecule has 78 valence electrons. The number of ether oxygens (including phenoxy) is 1. The summed E-state index contributed by atoms with van der Waals surface area (Å²) in [4.78, 5) is 0. The molecule has 0 N–H and O–H groups in total. The molecule has 0 aliphatic rings. The molecule has 1 aromatic carbocycles. The number of allylic oxidation sites excluding steroid dienone is 1. The van der Waals surface area contributed by atoms with Crippen molar-refractivity contribution in [3.05, 3.63) is 42.7 Å². The Balaban J connectivity index is 0. The van der Waals surface area contributed by atoms with Gasteiger partial charge in [-0.3, -0.25) is 4.39 Å². The third-order valence-electron chi connectivity index (χ3n) is 1.59. The van der Waals surface area contributed by atoms with Crippen molar-refractivity contribution in [1.29, 1.82) is 0 Å². The molecule has 1 nitrogen and oxygen atoms in total. The van der Waals surface area contributed by atoms with Crippen LogP contribution in [0, 0.1) is 11.9 Å². The zero-order valence-corrected chi connectivity index (χ0v) is 11.5. The van der Waals surface area contributed by atoms with E-state index in [1.807, 2.05) is 6.08 Å². The van der Waals surface area contributed by atoms with Crippen molar-refractivity contribution < 1.29 is 26.1 Å². The van der Waals surface area contributed by atoms with Crippen LogP contribution in [-0.2, 0) is 0 Å². The molecule has 0 aliphatic carbocycles. The van der Waals surface area contributed by atoms with E-state index in [2.05, 4.69) is 12.6 Å². The Kier molecular flexibility index (Phi) is 12.1. The average Bonchev–Trinajstić information content (AvgIpc) is 2.15. The predicted molar refractivity (Wildman–Crippen MR) is 55.9 cm³/mol. The second kappa shape index (κ2) is 10.5. The summed E-state index contributed by atoms with van der Waals surface area (Å²) in [5.41, 5.74) is 0. The van der Waals surface area contributed by atoms with Gasteiger partial charge in [0.25, 0.3) is 0 Å². The fourth-order valence-corrected chi connectivity index (χ4v) is 0.923. The molecule has 0 saturated carbocycles. The number of halogens is 2. The molecule has 1 aromatic rings. The van der Waals surface area contributed by atoms with Gasteiger partial charge in [0.2, 0.25) is 0 Å². The number of rotatable bonds is 5. The molecule has 0 unspecified atom stereocenters. The summed E-state index contributed by atoms with van der Waals surface area (Å²) < 4.78 is 18.1. The Morgan fingerprint density at radius 2 is 2.27 bits per heavy atom. The Hall–Kier alpha value is -0.0638. The van der Waals surface area contributed by atoms with Gasteiger partial charge in [0, 0.05) is 11.6 Å². The van der Waals surface area contributed by atoms with E-state index < -0.39 is 0 Å². The van der Waals surface area contributed by atoms with Gasteiger partial charge < -0.3 is 21.7 Å². The summed E-state index contributed by atoms with van der Waals surface area (Å²) in [6, 6.07) is 7.10. The first-order valence-corrected chi connectivity index (χ1v) is 4.24. The first-order chi connectivity index (χ1) is 6.34. The van der Waals surface area contributed by atoms with Crippen molar-refractivity contribution >= 4 is 23.1 Å². The molecular formula is C11H12BrFMgO. The Morgan fingerprint density at radius 3 is 2.87 bits per heavy atom. The standard InChI is InChI=1S/C11H12FO.BrH.Mg/c1-2-3-6-9-13-11-8-5-4-7-10(11)12;;/h2,5,7-8H,1,3,6,9H2;1H;/q-1;;+2/p-1. The van der Waals surface area contributed by atoms with Gasteiger partial charge in [0.1, 0.15) is 0 Å². The van der Waals surface area contributed by atoms with Gasteiger partial charge in [0.15, 0.2) is 0 Å². The van der Waals surface area contributed by atoms with Crippen molar-refractivity contribution in [2.75, 3.05) is 6.61 Å². The monoisotopic (exact) mass is 282 g/mol. The smallest absolute Gasteiger partial charge is 1.00 e. The van der Waals surface area contributed by atoms with Crippen molar-refractivity contribution in [3.63, 3.8) is 0 Å². The molecule has 0 heterocycles. The first kappa shape index (κ1) is 17.3.